The highest BCUT2D eigenvalue weighted by Gasteiger charge is 2.35. The van der Waals surface area contributed by atoms with Crippen molar-refractivity contribution in [2.75, 3.05) is 27.3 Å². The highest BCUT2D eigenvalue weighted by atomic mass is 35.5. The van der Waals surface area contributed by atoms with Gasteiger partial charge in [0, 0.05) is 17.7 Å². The average molecular weight is 343 g/mol. The third kappa shape index (κ3) is 3.24. The number of aliphatic hydroxyl groups is 1. The van der Waals surface area contributed by atoms with Gasteiger partial charge in [-0.3, -0.25) is 4.79 Å². The smallest absolute Gasteiger partial charge is 0.240 e. The number of β-amino-alcohol motifs (C(OH)–C–C–N with tert-alkyl or cyclic N) is 1. The molecule has 1 aromatic rings. The largest absolute Gasteiger partial charge is 0.496 e. The van der Waals surface area contributed by atoms with E-state index in [-0.39, 0.29) is 30.9 Å². The number of benzene rings is 1. The van der Waals surface area contributed by atoms with Crippen molar-refractivity contribution in [3.63, 3.8) is 0 Å². The Bertz CT molecular complexity index is 575. The van der Waals surface area contributed by atoms with Crippen molar-refractivity contribution in [1.29, 1.82) is 0 Å². The average Bonchev–Trinajstić information content (AvgIpc) is 3.07. The Labute approximate surface area is 142 Å². The Kier molecular flexibility index (Phi) is 5.73. The molecule has 0 bridgehead atoms. The van der Waals surface area contributed by atoms with Crippen LogP contribution in [0.2, 0.25) is 0 Å². The number of ether oxygens (including phenoxy) is 2. The molecule has 0 spiro atoms. The molecule has 2 atom stereocenters. The topological polar surface area (TPSA) is 71.0 Å². The highest BCUT2D eigenvalue weighted by molar-refractivity contribution is 5.85. The Morgan fingerprint density at radius 3 is 2.61 bits per heavy atom. The van der Waals surface area contributed by atoms with E-state index >= 15 is 0 Å². The summed E-state index contributed by atoms with van der Waals surface area (Å²) in [5.41, 5.74) is 1.55. The van der Waals surface area contributed by atoms with Gasteiger partial charge in [0.1, 0.15) is 17.6 Å². The summed E-state index contributed by atoms with van der Waals surface area (Å²) in [4.78, 5) is 14.3. The molecule has 0 aliphatic carbocycles. The summed E-state index contributed by atoms with van der Waals surface area (Å²) in [7, 11) is 3.17. The Hall–Kier alpha value is -1.50. The molecule has 1 saturated heterocycles. The maximum Gasteiger partial charge on any atom is 0.240 e. The molecule has 1 fully saturated rings. The third-order valence-corrected chi connectivity index (χ3v) is 4.46. The van der Waals surface area contributed by atoms with Gasteiger partial charge >= 0.3 is 0 Å². The predicted molar refractivity (Wildman–Crippen MR) is 88.2 cm³/mol. The lowest BCUT2D eigenvalue weighted by molar-refractivity contribution is -0.136. The van der Waals surface area contributed by atoms with Gasteiger partial charge in [0.2, 0.25) is 5.91 Å². The molecular weight excluding hydrogens is 320 g/mol. The Morgan fingerprint density at radius 2 is 2.00 bits per heavy atom. The highest BCUT2D eigenvalue weighted by Crippen LogP contribution is 2.39. The number of amides is 1. The molecule has 2 aliphatic rings. The number of carbonyl (C=O) groups is 1. The van der Waals surface area contributed by atoms with Crippen LogP contribution >= 0.6 is 12.4 Å². The van der Waals surface area contributed by atoms with Gasteiger partial charge in [-0.2, -0.15) is 0 Å². The summed E-state index contributed by atoms with van der Waals surface area (Å²) in [5.74, 6) is 1.35. The Morgan fingerprint density at radius 1 is 1.30 bits per heavy atom. The van der Waals surface area contributed by atoms with Crippen LogP contribution in [-0.4, -0.2) is 49.3 Å². The second kappa shape index (κ2) is 7.38. The van der Waals surface area contributed by atoms with E-state index in [0.29, 0.717) is 18.0 Å². The molecule has 23 heavy (non-hydrogen) atoms. The second-order valence-corrected chi connectivity index (χ2v) is 5.75. The zero-order valence-corrected chi connectivity index (χ0v) is 14.2. The van der Waals surface area contributed by atoms with Crippen molar-refractivity contribution in [1.82, 2.24) is 10.2 Å². The summed E-state index contributed by atoms with van der Waals surface area (Å²) in [5, 5.41) is 13.7. The molecule has 3 rings (SSSR count). The quantitative estimate of drug-likeness (QED) is 0.865. The molecule has 0 radical (unpaired) electrons. The van der Waals surface area contributed by atoms with Crippen molar-refractivity contribution >= 4 is 18.3 Å². The number of nitrogens with zero attached hydrogens (tertiary/aromatic N) is 1. The van der Waals surface area contributed by atoms with Gasteiger partial charge in [-0.1, -0.05) is 0 Å². The first kappa shape index (κ1) is 17.8. The predicted octanol–water partition coefficient (Wildman–Crippen LogP) is 1.25. The van der Waals surface area contributed by atoms with Gasteiger partial charge in [0.25, 0.3) is 0 Å². The number of methoxy groups -OCH3 is 2. The molecule has 6 nitrogen and oxygen atoms in total. The zero-order valence-electron chi connectivity index (χ0n) is 13.4. The van der Waals surface area contributed by atoms with Crippen LogP contribution < -0.4 is 14.8 Å². The van der Waals surface area contributed by atoms with Crippen molar-refractivity contribution < 1.29 is 19.4 Å². The zero-order chi connectivity index (χ0) is 15.7. The van der Waals surface area contributed by atoms with Crippen molar-refractivity contribution in [3.8, 4) is 11.5 Å². The summed E-state index contributed by atoms with van der Waals surface area (Å²) in [6.07, 6.45) is 1.10. The molecule has 128 valence electrons. The minimum atomic E-state index is -0.765. The summed E-state index contributed by atoms with van der Waals surface area (Å²) in [6, 6.07) is 3.47. The van der Waals surface area contributed by atoms with E-state index in [0.717, 1.165) is 30.5 Å². The van der Waals surface area contributed by atoms with Crippen molar-refractivity contribution in [3.05, 3.63) is 23.3 Å². The van der Waals surface area contributed by atoms with Crippen LogP contribution in [0.1, 0.15) is 30.1 Å². The van der Waals surface area contributed by atoms with Gasteiger partial charge in [0.05, 0.1) is 26.8 Å². The fraction of sp³-hybridized carbons (Fsp3) is 0.562. The molecule has 1 amide bonds. The van der Waals surface area contributed by atoms with Gasteiger partial charge in [-0.25, -0.2) is 0 Å². The van der Waals surface area contributed by atoms with Crippen LogP contribution in [0, 0.1) is 0 Å². The molecule has 7 heteroatoms. The fourth-order valence-electron chi connectivity index (χ4n) is 3.36. The van der Waals surface area contributed by atoms with Crippen LogP contribution in [0.15, 0.2) is 12.1 Å². The first-order chi connectivity index (χ1) is 10.7. The summed E-state index contributed by atoms with van der Waals surface area (Å²) < 4.78 is 10.7. The molecule has 2 N–H and O–H groups in total. The van der Waals surface area contributed by atoms with E-state index in [4.69, 9.17) is 9.47 Å². The normalized spacial score (nSPS) is 23.0. The Balaban J connectivity index is 0.00000192. The molecule has 2 aliphatic heterocycles. The maximum atomic E-state index is 12.6. The van der Waals surface area contributed by atoms with Crippen LogP contribution in [0.3, 0.4) is 0 Å². The number of rotatable bonds is 3. The lowest BCUT2D eigenvalue weighted by atomic mass is 9.94. The standard InChI is InChI=1S/C16H22N2O4.ClH/c1-21-13-5-6-14(22-2)15-10(13)8-18(9-12(15)19)16(20)11-4-3-7-17-11;/h5-6,11-12,17,19H,3-4,7-9H2,1-2H3;1H. The monoisotopic (exact) mass is 342 g/mol. The second-order valence-electron chi connectivity index (χ2n) is 5.75. The lowest BCUT2D eigenvalue weighted by Crippen LogP contribution is -2.46. The van der Waals surface area contributed by atoms with Crippen molar-refractivity contribution in [2.24, 2.45) is 0 Å². The van der Waals surface area contributed by atoms with Crippen molar-refractivity contribution in [2.45, 2.75) is 31.5 Å². The first-order valence-corrected chi connectivity index (χ1v) is 7.59. The number of nitrogens with one attached hydrogen (secondary N) is 1. The molecule has 0 aromatic heterocycles. The molecular formula is C16H23ClN2O4. The maximum absolute atomic E-state index is 12.6. The lowest BCUT2D eigenvalue weighted by Gasteiger charge is -2.35. The minimum absolute atomic E-state index is 0. The van der Waals surface area contributed by atoms with Gasteiger partial charge in [-0.05, 0) is 31.5 Å². The van der Waals surface area contributed by atoms with E-state index in [1.54, 1.807) is 25.2 Å². The van der Waals surface area contributed by atoms with Gasteiger partial charge in [0.15, 0.2) is 0 Å². The first-order valence-electron chi connectivity index (χ1n) is 7.59. The number of carbonyl (C=O) groups excluding carboxylic acids is 1. The number of hydrogen-bond acceptors (Lipinski definition) is 5. The third-order valence-electron chi connectivity index (χ3n) is 4.46. The molecule has 1 aromatic carbocycles. The number of hydrogen-bond donors (Lipinski definition) is 2. The van der Waals surface area contributed by atoms with E-state index in [1.807, 2.05) is 6.07 Å². The number of fused-ring (bicyclic) bond motifs is 1. The summed E-state index contributed by atoms with van der Waals surface area (Å²) in [6.45, 7) is 1.60. The summed E-state index contributed by atoms with van der Waals surface area (Å²) >= 11 is 0. The molecule has 0 saturated carbocycles. The van der Waals surface area contributed by atoms with E-state index in [2.05, 4.69) is 5.32 Å². The van der Waals surface area contributed by atoms with Crippen LogP contribution in [0.5, 0.6) is 11.5 Å². The van der Waals surface area contributed by atoms with Gasteiger partial charge in [-0.15, -0.1) is 12.4 Å². The SMILES string of the molecule is COc1ccc(OC)c2c1CN(C(=O)C1CCCN1)CC2O.Cl. The number of halogens is 1. The van der Waals surface area contributed by atoms with E-state index in [9.17, 15) is 9.90 Å². The minimum Gasteiger partial charge on any atom is -0.496 e. The van der Waals surface area contributed by atoms with Crippen LogP contribution in [-0.2, 0) is 11.3 Å². The van der Waals surface area contributed by atoms with Crippen LogP contribution in [0.25, 0.3) is 0 Å². The van der Waals surface area contributed by atoms with Gasteiger partial charge < -0.3 is 24.8 Å². The van der Waals surface area contributed by atoms with Crippen LogP contribution in [0.4, 0.5) is 0 Å². The molecule has 2 unspecified atom stereocenters. The number of aliphatic hydroxyl groups excluding tert-OH is 1. The fourth-order valence-corrected chi connectivity index (χ4v) is 3.36. The molecule has 2 heterocycles. The van der Waals surface area contributed by atoms with E-state index < -0.39 is 6.10 Å². The van der Waals surface area contributed by atoms with E-state index in [1.165, 1.54) is 0 Å².